The molecule has 1 aromatic heterocycles. The van der Waals surface area contributed by atoms with Gasteiger partial charge in [0.15, 0.2) is 11.0 Å². The summed E-state index contributed by atoms with van der Waals surface area (Å²) in [4.78, 5) is 2.36. The van der Waals surface area contributed by atoms with Gasteiger partial charge >= 0.3 is 0 Å². The number of halogens is 2. The zero-order valence-corrected chi connectivity index (χ0v) is 16.5. The van der Waals surface area contributed by atoms with E-state index in [2.05, 4.69) is 15.1 Å². The first kappa shape index (κ1) is 19.1. The zero-order chi connectivity index (χ0) is 19.5. The lowest BCUT2D eigenvalue weighted by molar-refractivity contribution is 0.319. The highest BCUT2D eigenvalue weighted by Crippen LogP contribution is 2.37. The van der Waals surface area contributed by atoms with Crippen LogP contribution in [0.5, 0.6) is 0 Å². The molecular weight excluding hydrogens is 378 g/mol. The molecule has 0 saturated carbocycles. The minimum atomic E-state index is -0.539. The van der Waals surface area contributed by atoms with Crippen molar-refractivity contribution >= 4 is 11.8 Å². The second kappa shape index (κ2) is 8.41. The van der Waals surface area contributed by atoms with Crippen LogP contribution in [0, 0.1) is 11.6 Å². The van der Waals surface area contributed by atoms with E-state index in [1.54, 1.807) is 6.92 Å². The van der Waals surface area contributed by atoms with E-state index in [9.17, 15) is 8.78 Å². The number of hydrogen-bond acceptors (Lipinski definition) is 4. The molecule has 0 amide bonds. The van der Waals surface area contributed by atoms with Crippen molar-refractivity contribution < 1.29 is 8.78 Å². The molecule has 1 saturated heterocycles. The summed E-state index contributed by atoms with van der Waals surface area (Å²) in [6.45, 7) is 4.61. The predicted octanol–water partition coefficient (Wildman–Crippen LogP) is 4.99. The third-order valence-corrected chi connectivity index (χ3v) is 6.03. The van der Waals surface area contributed by atoms with E-state index in [4.69, 9.17) is 0 Å². The lowest BCUT2D eigenvalue weighted by Gasteiger charge is -2.17. The largest absolute Gasteiger partial charge is 0.296 e. The van der Waals surface area contributed by atoms with Gasteiger partial charge in [-0.3, -0.25) is 9.47 Å². The van der Waals surface area contributed by atoms with Crippen LogP contribution in [0.25, 0.3) is 5.69 Å². The van der Waals surface area contributed by atoms with E-state index >= 15 is 0 Å². The molecule has 1 atom stereocenters. The minimum absolute atomic E-state index is 0.0659. The molecule has 4 rings (SSSR count). The van der Waals surface area contributed by atoms with Crippen LogP contribution in [0.15, 0.2) is 53.7 Å². The predicted molar refractivity (Wildman–Crippen MR) is 107 cm³/mol. The summed E-state index contributed by atoms with van der Waals surface area (Å²) in [6, 6.07) is 13.8. The first-order valence-corrected chi connectivity index (χ1v) is 10.3. The Labute approximate surface area is 167 Å². The van der Waals surface area contributed by atoms with Crippen LogP contribution < -0.4 is 0 Å². The Morgan fingerprint density at radius 1 is 0.964 bits per heavy atom. The highest BCUT2D eigenvalue weighted by atomic mass is 32.2. The smallest absolute Gasteiger partial charge is 0.196 e. The number of thioether (sulfide) groups is 1. The summed E-state index contributed by atoms with van der Waals surface area (Å²) in [5.74, 6) is -0.233. The topological polar surface area (TPSA) is 34.0 Å². The molecule has 0 bridgehead atoms. The minimum Gasteiger partial charge on any atom is -0.296 e. The fraction of sp³-hybridized carbons (Fsp3) is 0.333. The monoisotopic (exact) mass is 400 g/mol. The molecule has 1 unspecified atom stereocenters. The van der Waals surface area contributed by atoms with Gasteiger partial charge in [-0.05, 0) is 57.1 Å². The van der Waals surface area contributed by atoms with Gasteiger partial charge in [-0.15, -0.1) is 10.2 Å². The number of benzene rings is 2. The number of para-hydroxylation sites is 1. The van der Waals surface area contributed by atoms with Gasteiger partial charge in [0.25, 0.3) is 0 Å². The zero-order valence-electron chi connectivity index (χ0n) is 15.7. The van der Waals surface area contributed by atoms with Gasteiger partial charge in [-0.2, -0.15) is 0 Å². The van der Waals surface area contributed by atoms with Crippen molar-refractivity contribution in [1.29, 1.82) is 0 Å². The van der Waals surface area contributed by atoms with E-state index in [1.165, 1.54) is 42.8 Å². The summed E-state index contributed by atoms with van der Waals surface area (Å²) in [5, 5.41) is 8.97. The standard InChI is InChI=1S/C21H22F2N4S/c1-15(20-17(22)10-7-11-18(20)23)28-21-25-24-19(14-26-12-5-6-13-26)27(21)16-8-3-2-4-9-16/h2-4,7-11,15H,5-6,12-14H2,1H3. The Morgan fingerprint density at radius 2 is 1.64 bits per heavy atom. The molecule has 146 valence electrons. The van der Waals surface area contributed by atoms with E-state index in [0.29, 0.717) is 11.7 Å². The van der Waals surface area contributed by atoms with Crippen molar-refractivity contribution in [2.75, 3.05) is 13.1 Å². The Hall–Kier alpha value is -2.25. The van der Waals surface area contributed by atoms with Gasteiger partial charge < -0.3 is 0 Å². The third kappa shape index (κ3) is 3.95. The number of hydrogen-bond donors (Lipinski definition) is 0. The lowest BCUT2D eigenvalue weighted by Crippen LogP contribution is -2.21. The number of nitrogens with zero attached hydrogens (tertiary/aromatic N) is 4. The summed E-state index contributed by atoms with van der Waals surface area (Å²) in [6.07, 6.45) is 2.40. The molecule has 3 aromatic rings. The molecule has 1 aliphatic heterocycles. The molecule has 28 heavy (non-hydrogen) atoms. The molecule has 1 fully saturated rings. The van der Waals surface area contributed by atoms with E-state index in [0.717, 1.165) is 24.6 Å². The highest BCUT2D eigenvalue weighted by Gasteiger charge is 2.23. The van der Waals surface area contributed by atoms with Crippen molar-refractivity contribution in [1.82, 2.24) is 19.7 Å². The van der Waals surface area contributed by atoms with Gasteiger partial charge in [0, 0.05) is 16.5 Å². The average molecular weight is 400 g/mol. The maximum atomic E-state index is 14.2. The van der Waals surface area contributed by atoms with Gasteiger partial charge in [0.2, 0.25) is 0 Å². The number of rotatable bonds is 6. The van der Waals surface area contributed by atoms with Crippen molar-refractivity contribution in [3.05, 3.63) is 71.6 Å². The average Bonchev–Trinajstić information content (AvgIpc) is 3.33. The number of aromatic nitrogens is 3. The van der Waals surface area contributed by atoms with Crippen LogP contribution >= 0.6 is 11.8 Å². The SMILES string of the molecule is CC(Sc1nnc(CN2CCCC2)n1-c1ccccc1)c1c(F)cccc1F. The Bertz CT molecular complexity index is 919. The summed E-state index contributed by atoms with van der Waals surface area (Å²) < 4.78 is 30.4. The summed E-state index contributed by atoms with van der Waals surface area (Å²) >= 11 is 1.32. The van der Waals surface area contributed by atoms with Crippen molar-refractivity contribution in [3.8, 4) is 5.69 Å². The van der Waals surface area contributed by atoms with Crippen LogP contribution in [0.3, 0.4) is 0 Å². The fourth-order valence-electron chi connectivity index (χ4n) is 3.57. The molecule has 1 aliphatic rings. The first-order chi connectivity index (χ1) is 13.6. The molecule has 4 nitrogen and oxygen atoms in total. The first-order valence-electron chi connectivity index (χ1n) is 9.46. The third-order valence-electron chi connectivity index (χ3n) is 4.97. The molecule has 7 heteroatoms. The van der Waals surface area contributed by atoms with Crippen molar-refractivity contribution in [2.24, 2.45) is 0 Å². The van der Waals surface area contributed by atoms with Crippen LogP contribution in [0.4, 0.5) is 8.78 Å². The normalized spacial score (nSPS) is 15.8. The van der Waals surface area contributed by atoms with Crippen molar-refractivity contribution in [3.63, 3.8) is 0 Å². The second-order valence-electron chi connectivity index (χ2n) is 6.95. The van der Waals surface area contributed by atoms with Crippen molar-refractivity contribution in [2.45, 2.75) is 36.7 Å². The highest BCUT2D eigenvalue weighted by molar-refractivity contribution is 7.99. The van der Waals surface area contributed by atoms with E-state index in [-0.39, 0.29) is 5.56 Å². The Morgan fingerprint density at radius 3 is 2.32 bits per heavy atom. The Kier molecular flexibility index (Phi) is 5.73. The Balaban J connectivity index is 1.67. The maximum Gasteiger partial charge on any atom is 0.196 e. The molecule has 0 aliphatic carbocycles. The van der Waals surface area contributed by atoms with E-state index < -0.39 is 16.9 Å². The summed E-state index contributed by atoms with van der Waals surface area (Å²) in [7, 11) is 0. The quantitative estimate of drug-likeness (QED) is 0.546. The second-order valence-corrected chi connectivity index (χ2v) is 8.26. The van der Waals surface area contributed by atoms with Gasteiger partial charge in [-0.1, -0.05) is 36.0 Å². The summed E-state index contributed by atoms with van der Waals surface area (Å²) in [5.41, 5.74) is 1.02. The molecule has 0 N–H and O–H groups in total. The molecule has 2 heterocycles. The number of likely N-dealkylation sites (tertiary alicyclic amines) is 1. The van der Waals surface area contributed by atoms with E-state index in [1.807, 2.05) is 34.9 Å². The van der Waals surface area contributed by atoms with Gasteiger partial charge in [0.05, 0.1) is 6.54 Å². The fourth-order valence-corrected chi connectivity index (χ4v) is 4.64. The van der Waals surface area contributed by atoms with Crippen LogP contribution in [-0.4, -0.2) is 32.8 Å². The van der Waals surface area contributed by atoms with Crippen LogP contribution in [-0.2, 0) is 6.54 Å². The maximum absolute atomic E-state index is 14.2. The van der Waals surface area contributed by atoms with Crippen LogP contribution in [0.2, 0.25) is 0 Å². The molecular formula is C21H22F2N4S. The van der Waals surface area contributed by atoms with Gasteiger partial charge in [-0.25, -0.2) is 8.78 Å². The lowest BCUT2D eigenvalue weighted by atomic mass is 10.1. The molecule has 0 spiro atoms. The van der Waals surface area contributed by atoms with Crippen LogP contribution in [0.1, 0.15) is 36.4 Å². The molecule has 2 aromatic carbocycles. The molecule has 0 radical (unpaired) electrons. The van der Waals surface area contributed by atoms with Gasteiger partial charge in [0.1, 0.15) is 11.6 Å².